The first kappa shape index (κ1) is 10.6. The van der Waals surface area contributed by atoms with Crippen LogP contribution in [0.25, 0.3) is 0 Å². The van der Waals surface area contributed by atoms with Crippen molar-refractivity contribution in [1.29, 1.82) is 5.26 Å². The summed E-state index contributed by atoms with van der Waals surface area (Å²) in [5.74, 6) is 0.713. The SMILES string of the molecule is CS(=O)CCCC(C)(C)C#N. The van der Waals surface area contributed by atoms with E-state index in [1.807, 2.05) is 13.8 Å². The summed E-state index contributed by atoms with van der Waals surface area (Å²) in [4.78, 5) is 0. The standard InChI is InChI=1S/C8H15NOS/c1-8(2,7-9)5-4-6-11(3)10/h4-6H2,1-3H3. The number of nitrogens with zero attached hydrogens (tertiary/aromatic N) is 1. The zero-order valence-corrected chi connectivity index (χ0v) is 8.20. The van der Waals surface area contributed by atoms with E-state index in [0.29, 0.717) is 5.75 Å². The van der Waals surface area contributed by atoms with E-state index >= 15 is 0 Å². The van der Waals surface area contributed by atoms with Gasteiger partial charge < -0.3 is 0 Å². The maximum absolute atomic E-state index is 10.6. The van der Waals surface area contributed by atoms with Gasteiger partial charge in [-0.25, -0.2) is 0 Å². The smallest absolute Gasteiger partial charge is 0.0683 e. The highest BCUT2D eigenvalue weighted by atomic mass is 32.2. The molecule has 0 amide bonds. The molecular formula is C8H15NOS. The second kappa shape index (κ2) is 4.50. The largest absolute Gasteiger partial charge is 0.260 e. The highest BCUT2D eigenvalue weighted by molar-refractivity contribution is 7.84. The van der Waals surface area contributed by atoms with Gasteiger partial charge in [0.25, 0.3) is 0 Å². The van der Waals surface area contributed by atoms with E-state index in [9.17, 15) is 4.21 Å². The van der Waals surface area contributed by atoms with Crippen LogP contribution in [-0.2, 0) is 10.8 Å². The zero-order valence-electron chi connectivity index (χ0n) is 7.39. The zero-order chi connectivity index (χ0) is 8.91. The van der Waals surface area contributed by atoms with Crippen LogP contribution < -0.4 is 0 Å². The third kappa shape index (κ3) is 6.05. The lowest BCUT2D eigenvalue weighted by atomic mass is 9.90. The van der Waals surface area contributed by atoms with Gasteiger partial charge in [0, 0.05) is 22.8 Å². The second-order valence-electron chi connectivity index (χ2n) is 3.38. The van der Waals surface area contributed by atoms with Crippen molar-refractivity contribution in [2.45, 2.75) is 26.7 Å². The van der Waals surface area contributed by atoms with Gasteiger partial charge in [-0.05, 0) is 26.7 Å². The molecule has 0 saturated carbocycles. The highest BCUT2D eigenvalue weighted by Crippen LogP contribution is 2.20. The molecule has 0 aromatic heterocycles. The van der Waals surface area contributed by atoms with Crippen molar-refractivity contribution in [1.82, 2.24) is 0 Å². The molecule has 0 bridgehead atoms. The van der Waals surface area contributed by atoms with Crippen molar-refractivity contribution in [2.24, 2.45) is 5.41 Å². The fraction of sp³-hybridized carbons (Fsp3) is 0.875. The normalized spacial score (nSPS) is 14.0. The topological polar surface area (TPSA) is 40.9 Å². The Morgan fingerprint density at radius 3 is 2.45 bits per heavy atom. The molecule has 0 saturated heterocycles. The highest BCUT2D eigenvalue weighted by Gasteiger charge is 2.15. The maximum atomic E-state index is 10.6. The van der Waals surface area contributed by atoms with Gasteiger partial charge in [-0.3, -0.25) is 4.21 Å². The number of hydrogen-bond donors (Lipinski definition) is 0. The van der Waals surface area contributed by atoms with Crippen LogP contribution in [0.15, 0.2) is 0 Å². The maximum Gasteiger partial charge on any atom is 0.0683 e. The molecule has 0 rings (SSSR count). The van der Waals surface area contributed by atoms with Crippen molar-refractivity contribution in [3.8, 4) is 6.07 Å². The Morgan fingerprint density at radius 1 is 1.55 bits per heavy atom. The third-order valence-electron chi connectivity index (χ3n) is 1.54. The van der Waals surface area contributed by atoms with Crippen LogP contribution >= 0.6 is 0 Å². The lowest BCUT2D eigenvalue weighted by molar-refractivity contribution is 0.447. The van der Waals surface area contributed by atoms with Crippen LogP contribution in [0.4, 0.5) is 0 Å². The first-order valence-corrected chi connectivity index (χ1v) is 5.42. The molecule has 1 atom stereocenters. The molecule has 0 radical (unpaired) electrons. The summed E-state index contributed by atoms with van der Waals surface area (Å²) in [5.41, 5.74) is -0.251. The molecule has 0 aromatic carbocycles. The predicted octanol–water partition coefficient (Wildman–Crippen LogP) is 1.69. The molecule has 0 N–H and O–H groups in total. The van der Waals surface area contributed by atoms with Crippen LogP contribution in [0, 0.1) is 16.7 Å². The lowest BCUT2D eigenvalue weighted by Crippen LogP contribution is -2.09. The third-order valence-corrected chi connectivity index (χ3v) is 2.40. The van der Waals surface area contributed by atoms with Gasteiger partial charge in [0.2, 0.25) is 0 Å². The average molecular weight is 173 g/mol. The van der Waals surface area contributed by atoms with Crippen LogP contribution in [0.2, 0.25) is 0 Å². The first-order valence-electron chi connectivity index (χ1n) is 3.69. The summed E-state index contributed by atoms with van der Waals surface area (Å²) in [6.07, 6.45) is 3.41. The number of hydrogen-bond acceptors (Lipinski definition) is 2. The Labute approximate surface area is 71.1 Å². The summed E-state index contributed by atoms with van der Waals surface area (Å²) in [7, 11) is -0.712. The van der Waals surface area contributed by atoms with E-state index in [1.54, 1.807) is 6.26 Å². The van der Waals surface area contributed by atoms with E-state index < -0.39 is 10.8 Å². The Kier molecular flexibility index (Phi) is 4.36. The molecule has 0 aliphatic heterocycles. The summed E-state index contributed by atoms with van der Waals surface area (Å²) in [6.45, 7) is 3.82. The summed E-state index contributed by atoms with van der Waals surface area (Å²) in [5, 5.41) is 8.63. The molecule has 0 heterocycles. The lowest BCUT2D eigenvalue weighted by Gasteiger charge is -2.13. The summed E-state index contributed by atoms with van der Waals surface area (Å²) >= 11 is 0. The Hall–Kier alpha value is -0.360. The molecule has 0 aromatic rings. The average Bonchev–Trinajstić information content (AvgIpc) is 1.87. The van der Waals surface area contributed by atoms with Gasteiger partial charge >= 0.3 is 0 Å². The Bertz CT molecular complexity index is 181. The van der Waals surface area contributed by atoms with Gasteiger partial charge in [0.15, 0.2) is 0 Å². The van der Waals surface area contributed by atoms with E-state index in [1.165, 1.54) is 0 Å². The first-order chi connectivity index (χ1) is 4.98. The second-order valence-corrected chi connectivity index (χ2v) is 4.93. The molecule has 2 nitrogen and oxygen atoms in total. The molecule has 3 heteroatoms. The van der Waals surface area contributed by atoms with E-state index in [0.717, 1.165) is 12.8 Å². The van der Waals surface area contributed by atoms with Gasteiger partial charge in [0.05, 0.1) is 11.5 Å². The molecule has 0 aliphatic rings. The minimum atomic E-state index is -0.712. The van der Waals surface area contributed by atoms with Crippen molar-refractivity contribution in [2.75, 3.05) is 12.0 Å². The Balaban J connectivity index is 3.56. The fourth-order valence-corrected chi connectivity index (χ4v) is 1.32. The van der Waals surface area contributed by atoms with Crippen molar-refractivity contribution in [3.63, 3.8) is 0 Å². The molecule has 0 fully saturated rings. The summed E-state index contributed by atoms with van der Waals surface area (Å²) < 4.78 is 10.6. The molecule has 0 aliphatic carbocycles. The van der Waals surface area contributed by atoms with Crippen LogP contribution in [-0.4, -0.2) is 16.2 Å². The van der Waals surface area contributed by atoms with E-state index in [4.69, 9.17) is 5.26 Å². The van der Waals surface area contributed by atoms with Gasteiger partial charge in [-0.2, -0.15) is 5.26 Å². The molecule has 0 spiro atoms. The number of rotatable bonds is 4. The monoisotopic (exact) mass is 173 g/mol. The molecule has 64 valence electrons. The Morgan fingerprint density at radius 2 is 2.09 bits per heavy atom. The minimum Gasteiger partial charge on any atom is -0.260 e. The van der Waals surface area contributed by atoms with Gasteiger partial charge in [-0.1, -0.05) is 0 Å². The quantitative estimate of drug-likeness (QED) is 0.649. The summed E-state index contributed by atoms with van der Waals surface area (Å²) in [6, 6.07) is 2.22. The van der Waals surface area contributed by atoms with E-state index in [-0.39, 0.29) is 5.41 Å². The van der Waals surface area contributed by atoms with E-state index in [2.05, 4.69) is 6.07 Å². The van der Waals surface area contributed by atoms with Crippen molar-refractivity contribution >= 4 is 10.8 Å². The fourth-order valence-electron chi connectivity index (χ4n) is 0.773. The number of nitriles is 1. The minimum absolute atomic E-state index is 0.251. The van der Waals surface area contributed by atoms with Gasteiger partial charge in [-0.15, -0.1) is 0 Å². The van der Waals surface area contributed by atoms with Crippen molar-refractivity contribution in [3.05, 3.63) is 0 Å². The van der Waals surface area contributed by atoms with Crippen molar-refractivity contribution < 1.29 is 4.21 Å². The van der Waals surface area contributed by atoms with Crippen LogP contribution in [0.5, 0.6) is 0 Å². The van der Waals surface area contributed by atoms with Crippen LogP contribution in [0.3, 0.4) is 0 Å². The van der Waals surface area contributed by atoms with Gasteiger partial charge in [0.1, 0.15) is 0 Å². The van der Waals surface area contributed by atoms with Crippen LogP contribution in [0.1, 0.15) is 26.7 Å². The molecule has 11 heavy (non-hydrogen) atoms. The molecular weight excluding hydrogens is 158 g/mol. The molecule has 1 unspecified atom stereocenters. The predicted molar refractivity (Wildman–Crippen MR) is 47.6 cm³/mol.